The minimum absolute atomic E-state index is 0.252. The average Bonchev–Trinajstić information content (AvgIpc) is 2.61. The predicted octanol–water partition coefficient (Wildman–Crippen LogP) is 3.44. The van der Waals surface area contributed by atoms with E-state index in [1.165, 1.54) is 11.1 Å². The van der Waals surface area contributed by atoms with Gasteiger partial charge in [0.05, 0.1) is 7.11 Å². The van der Waals surface area contributed by atoms with Crippen molar-refractivity contribution in [3.63, 3.8) is 0 Å². The van der Waals surface area contributed by atoms with Gasteiger partial charge in [0, 0.05) is 13.2 Å². The first-order valence-electron chi connectivity index (χ1n) is 8.40. The zero-order valence-electron chi connectivity index (χ0n) is 14.5. The van der Waals surface area contributed by atoms with Crippen LogP contribution in [0.3, 0.4) is 0 Å². The Hall–Kier alpha value is -2.04. The summed E-state index contributed by atoms with van der Waals surface area (Å²) in [6.45, 7) is 4.54. The maximum atomic E-state index is 8.77. The zero-order valence-corrected chi connectivity index (χ0v) is 14.5. The van der Waals surface area contributed by atoms with Crippen molar-refractivity contribution in [2.24, 2.45) is 0 Å². The van der Waals surface area contributed by atoms with Crippen LogP contribution in [0.15, 0.2) is 42.5 Å². The predicted molar refractivity (Wildman–Crippen MR) is 96.5 cm³/mol. The van der Waals surface area contributed by atoms with Crippen LogP contribution in [0.2, 0.25) is 0 Å². The number of aryl methyl sites for hydroxylation is 1. The number of hydrogen-bond donors (Lipinski definition) is 2. The summed E-state index contributed by atoms with van der Waals surface area (Å²) in [7, 11) is 1.66. The Kier molecular flexibility index (Phi) is 7.59. The van der Waals surface area contributed by atoms with Crippen LogP contribution in [-0.4, -0.2) is 25.4 Å². The fraction of sp³-hybridized carbons (Fsp3) is 0.400. The van der Waals surface area contributed by atoms with E-state index in [0.29, 0.717) is 6.61 Å². The fourth-order valence-corrected chi connectivity index (χ4v) is 2.46. The Morgan fingerprint density at radius 1 is 1.04 bits per heavy atom. The molecule has 24 heavy (non-hydrogen) atoms. The van der Waals surface area contributed by atoms with Crippen molar-refractivity contribution in [3.05, 3.63) is 59.2 Å². The van der Waals surface area contributed by atoms with Gasteiger partial charge in [-0.05, 0) is 55.1 Å². The lowest BCUT2D eigenvalue weighted by molar-refractivity contribution is 0.283. The molecule has 0 spiro atoms. The second kappa shape index (κ2) is 9.96. The molecule has 0 radical (unpaired) electrons. The molecule has 0 saturated carbocycles. The second-order valence-corrected chi connectivity index (χ2v) is 5.81. The molecule has 4 nitrogen and oxygen atoms in total. The molecule has 0 bridgehead atoms. The van der Waals surface area contributed by atoms with E-state index in [0.717, 1.165) is 43.0 Å². The van der Waals surface area contributed by atoms with Gasteiger partial charge in [0.2, 0.25) is 0 Å². The molecule has 2 aromatic carbocycles. The summed E-state index contributed by atoms with van der Waals surface area (Å²) in [5.74, 6) is 1.50. The highest BCUT2D eigenvalue weighted by Crippen LogP contribution is 2.29. The standard InChI is InChI=1S/C20H27NO3/c1-16-7-3-4-8-18(16)15-24-19-10-9-17(13-20(19)23-2)14-21-11-5-6-12-22/h3-4,7-10,13,21-22H,5-6,11-12,14-15H2,1-2H3. The molecule has 0 aliphatic rings. The first-order chi connectivity index (χ1) is 11.7. The lowest BCUT2D eigenvalue weighted by Crippen LogP contribution is -2.15. The Morgan fingerprint density at radius 3 is 2.62 bits per heavy atom. The Balaban J connectivity index is 1.92. The van der Waals surface area contributed by atoms with E-state index >= 15 is 0 Å². The highest BCUT2D eigenvalue weighted by molar-refractivity contribution is 5.43. The number of ether oxygens (including phenoxy) is 2. The summed E-state index contributed by atoms with van der Waals surface area (Å²) in [6, 6.07) is 14.2. The minimum Gasteiger partial charge on any atom is -0.493 e. The molecule has 0 unspecified atom stereocenters. The molecule has 0 fully saturated rings. The summed E-state index contributed by atoms with van der Waals surface area (Å²) in [5.41, 5.74) is 3.55. The van der Waals surface area contributed by atoms with Gasteiger partial charge in [-0.25, -0.2) is 0 Å². The second-order valence-electron chi connectivity index (χ2n) is 5.81. The third-order valence-corrected chi connectivity index (χ3v) is 3.96. The van der Waals surface area contributed by atoms with Gasteiger partial charge in [0.25, 0.3) is 0 Å². The van der Waals surface area contributed by atoms with Gasteiger partial charge >= 0.3 is 0 Å². The van der Waals surface area contributed by atoms with E-state index in [9.17, 15) is 0 Å². The van der Waals surface area contributed by atoms with Crippen molar-refractivity contribution in [2.45, 2.75) is 32.9 Å². The fourth-order valence-electron chi connectivity index (χ4n) is 2.46. The number of hydrogen-bond acceptors (Lipinski definition) is 4. The molecule has 2 rings (SSSR count). The number of unbranched alkanes of at least 4 members (excludes halogenated alkanes) is 1. The zero-order chi connectivity index (χ0) is 17.2. The largest absolute Gasteiger partial charge is 0.493 e. The molecule has 0 atom stereocenters. The van der Waals surface area contributed by atoms with Crippen LogP contribution in [0.1, 0.15) is 29.5 Å². The van der Waals surface area contributed by atoms with Crippen molar-refractivity contribution in [1.29, 1.82) is 0 Å². The topological polar surface area (TPSA) is 50.7 Å². The minimum atomic E-state index is 0.252. The number of rotatable bonds is 10. The van der Waals surface area contributed by atoms with Crippen LogP contribution in [0.25, 0.3) is 0 Å². The van der Waals surface area contributed by atoms with E-state index in [1.54, 1.807) is 7.11 Å². The SMILES string of the molecule is COc1cc(CNCCCCO)ccc1OCc1ccccc1C. The number of aliphatic hydroxyl groups is 1. The Bertz CT molecular complexity index is 628. The summed E-state index contributed by atoms with van der Waals surface area (Å²) in [4.78, 5) is 0. The molecule has 2 aromatic rings. The highest BCUT2D eigenvalue weighted by atomic mass is 16.5. The van der Waals surface area contributed by atoms with Gasteiger partial charge in [-0.15, -0.1) is 0 Å². The molecule has 4 heteroatoms. The molecular formula is C20H27NO3. The van der Waals surface area contributed by atoms with E-state index < -0.39 is 0 Å². The third kappa shape index (κ3) is 5.55. The number of aliphatic hydroxyl groups excluding tert-OH is 1. The molecule has 0 heterocycles. The van der Waals surface area contributed by atoms with Crippen LogP contribution < -0.4 is 14.8 Å². The van der Waals surface area contributed by atoms with Crippen molar-refractivity contribution < 1.29 is 14.6 Å². The molecule has 0 aromatic heterocycles. The lowest BCUT2D eigenvalue weighted by Gasteiger charge is -2.13. The van der Waals surface area contributed by atoms with Gasteiger partial charge < -0.3 is 19.9 Å². The molecule has 0 aliphatic carbocycles. The molecule has 0 amide bonds. The van der Waals surface area contributed by atoms with Crippen molar-refractivity contribution in [1.82, 2.24) is 5.32 Å². The van der Waals surface area contributed by atoms with E-state index in [2.05, 4.69) is 30.4 Å². The van der Waals surface area contributed by atoms with Crippen molar-refractivity contribution >= 4 is 0 Å². The lowest BCUT2D eigenvalue weighted by atomic mass is 10.1. The van der Waals surface area contributed by atoms with Crippen molar-refractivity contribution in [2.75, 3.05) is 20.3 Å². The van der Waals surface area contributed by atoms with Crippen molar-refractivity contribution in [3.8, 4) is 11.5 Å². The molecule has 2 N–H and O–H groups in total. The van der Waals surface area contributed by atoms with Crippen LogP contribution in [0, 0.1) is 6.92 Å². The summed E-state index contributed by atoms with van der Waals surface area (Å²) >= 11 is 0. The Labute approximate surface area is 144 Å². The summed E-state index contributed by atoms with van der Waals surface area (Å²) in [5, 5.41) is 12.1. The molecule has 0 aliphatic heterocycles. The average molecular weight is 329 g/mol. The maximum absolute atomic E-state index is 8.77. The van der Waals surface area contributed by atoms with Gasteiger partial charge in [-0.1, -0.05) is 30.3 Å². The normalized spacial score (nSPS) is 10.6. The van der Waals surface area contributed by atoms with E-state index in [1.807, 2.05) is 24.3 Å². The number of methoxy groups -OCH3 is 1. The number of benzene rings is 2. The van der Waals surface area contributed by atoms with E-state index in [4.69, 9.17) is 14.6 Å². The van der Waals surface area contributed by atoms with Gasteiger partial charge in [0.15, 0.2) is 11.5 Å². The third-order valence-electron chi connectivity index (χ3n) is 3.96. The van der Waals surface area contributed by atoms with Gasteiger partial charge in [-0.2, -0.15) is 0 Å². The summed E-state index contributed by atoms with van der Waals surface area (Å²) in [6.07, 6.45) is 1.81. The van der Waals surface area contributed by atoms with Crippen LogP contribution in [0.4, 0.5) is 0 Å². The van der Waals surface area contributed by atoms with E-state index in [-0.39, 0.29) is 6.61 Å². The van der Waals surface area contributed by atoms with Gasteiger partial charge in [-0.3, -0.25) is 0 Å². The first-order valence-corrected chi connectivity index (χ1v) is 8.40. The molecule has 0 saturated heterocycles. The van der Waals surface area contributed by atoms with Crippen LogP contribution >= 0.6 is 0 Å². The number of nitrogens with one attached hydrogen (secondary N) is 1. The maximum Gasteiger partial charge on any atom is 0.161 e. The monoisotopic (exact) mass is 329 g/mol. The summed E-state index contributed by atoms with van der Waals surface area (Å²) < 4.78 is 11.4. The van der Waals surface area contributed by atoms with Gasteiger partial charge in [0.1, 0.15) is 6.61 Å². The Morgan fingerprint density at radius 2 is 1.88 bits per heavy atom. The first kappa shape index (κ1) is 18.3. The quantitative estimate of drug-likeness (QED) is 0.656. The smallest absolute Gasteiger partial charge is 0.161 e. The molecular weight excluding hydrogens is 302 g/mol. The van der Waals surface area contributed by atoms with Crippen LogP contribution in [0.5, 0.6) is 11.5 Å². The highest BCUT2D eigenvalue weighted by Gasteiger charge is 2.07. The molecule has 130 valence electrons. The van der Waals surface area contributed by atoms with Crippen LogP contribution in [-0.2, 0) is 13.2 Å².